The van der Waals surface area contributed by atoms with E-state index in [1.54, 1.807) is 6.92 Å². The van der Waals surface area contributed by atoms with Crippen LogP contribution in [0.15, 0.2) is 24.3 Å². The van der Waals surface area contributed by atoms with Crippen LogP contribution in [0.1, 0.15) is 19.8 Å². The van der Waals surface area contributed by atoms with Crippen LogP contribution in [0.5, 0.6) is 5.75 Å². The highest BCUT2D eigenvalue weighted by molar-refractivity contribution is 7.85. The van der Waals surface area contributed by atoms with Crippen molar-refractivity contribution in [3.8, 4) is 5.75 Å². The molecule has 7 nitrogen and oxygen atoms in total. The summed E-state index contributed by atoms with van der Waals surface area (Å²) in [5, 5.41) is 10.4. The molecule has 1 saturated carbocycles. The van der Waals surface area contributed by atoms with Gasteiger partial charge in [-0.25, -0.2) is 0 Å². The van der Waals surface area contributed by atoms with Gasteiger partial charge in [-0.05, 0) is 31.9 Å². The van der Waals surface area contributed by atoms with Crippen LogP contribution in [0.4, 0.5) is 5.69 Å². The summed E-state index contributed by atoms with van der Waals surface area (Å²) in [5.41, 5.74) is -0.540. The van der Waals surface area contributed by atoms with Crippen molar-refractivity contribution in [2.24, 2.45) is 0 Å². The summed E-state index contributed by atoms with van der Waals surface area (Å²) in [6.07, 6.45) is 1.55. The summed E-state index contributed by atoms with van der Waals surface area (Å²) in [5.74, 6) is 0.0392. The number of rotatable bonds is 5. The molecule has 0 unspecified atom stereocenters. The van der Waals surface area contributed by atoms with Crippen molar-refractivity contribution in [2.75, 3.05) is 0 Å². The Morgan fingerprint density at radius 1 is 1.33 bits per heavy atom. The lowest BCUT2D eigenvalue weighted by atomic mass is 10.3. The van der Waals surface area contributed by atoms with Gasteiger partial charge in [-0.2, -0.15) is 13.1 Å². The van der Waals surface area contributed by atoms with Gasteiger partial charge in [0.1, 0.15) is 5.75 Å². The quantitative estimate of drug-likeness (QED) is 0.644. The minimum Gasteiger partial charge on any atom is -0.371 e. The van der Waals surface area contributed by atoms with E-state index in [4.69, 9.17) is 4.18 Å². The van der Waals surface area contributed by atoms with Crippen LogP contribution in [0.25, 0.3) is 0 Å². The molecule has 0 aromatic heterocycles. The van der Waals surface area contributed by atoms with E-state index < -0.39 is 20.8 Å². The molecule has 1 N–H and O–H groups in total. The van der Waals surface area contributed by atoms with Crippen LogP contribution < -0.4 is 8.91 Å². The fourth-order valence-electron chi connectivity index (χ4n) is 1.36. The molecule has 0 spiro atoms. The van der Waals surface area contributed by atoms with E-state index in [0.29, 0.717) is 0 Å². The SMILES string of the molecule is CC1(NS(=O)(=O)Oc2ccc([N+](=O)[O-])cc2)CC1. The molecule has 0 radical (unpaired) electrons. The predicted molar refractivity (Wildman–Crippen MR) is 63.4 cm³/mol. The van der Waals surface area contributed by atoms with E-state index in [1.807, 2.05) is 0 Å². The largest absolute Gasteiger partial charge is 0.383 e. The average molecular weight is 272 g/mol. The van der Waals surface area contributed by atoms with E-state index >= 15 is 0 Å². The van der Waals surface area contributed by atoms with Crippen molar-refractivity contribution < 1.29 is 17.5 Å². The third-order valence-corrected chi connectivity index (χ3v) is 3.78. The van der Waals surface area contributed by atoms with Crippen molar-refractivity contribution >= 4 is 16.0 Å². The zero-order chi connectivity index (χ0) is 13.4. The van der Waals surface area contributed by atoms with E-state index in [0.717, 1.165) is 12.8 Å². The maximum Gasteiger partial charge on any atom is 0.383 e. The van der Waals surface area contributed by atoms with Gasteiger partial charge in [0.25, 0.3) is 5.69 Å². The summed E-state index contributed by atoms with van der Waals surface area (Å²) in [7, 11) is -3.88. The standard InChI is InChI=1S/C10H12N2O5S/c1-10(6-7-10)11-18(15,16)17-9-4-2-8(3-5-9)12(13)14/h2-5,11H,6-7H2,1H3. The Balaban J connectivity index is 2.06. The zero-order valence-corrected chi connectivity index (χ0v) is 10.4. The molecule has 1 aromatic carbocycles. The first-order valence-corrected chi connectivity index (χ1v) is 6.68. The van der Waals surface area contributed by atoms with Crippen molar-refractivity contribution in [3.05, 3.63) is 34.4 Å². The van der Waals surface area contributed by atoms with Gasteiger partial charge < -0.3 is 4.18 Å². The van der Waals surface area contributed by atoms with Gasteiger partial charge in [0.05, 0.1) is 4.92 Å². The van der Waals surface area contributed by atoms with Crippen molar-refractivity contribution in [2.45, 2.75) is 25.3 Å². The van der Waals surface area contributed by atoms with Crippen molar-refractivity contribution in [3.63, 3.8) is 0 Å². The van der Waals surface area contributed by atoms with Crippen LogP contribution >= 0.6 is 0 Å². The summed E-state index contributed by atoms with van der Waals surface area (Å²) < 4.78 is 30.4. The molecule has 1 aromatic rings. The molecule has 2 rings (SSSR count). The molecular formula is C10H12N2O5S. The molecular weight excluding hydrogens is 260 g/mol. The number of nitro benzene ring substituents is 1. The second-order valence-corrected chi connectivity index (χ2v) is 5.73. The van der Waals surface area contributed by atoms with Gasteiger partial charge in [-0.3, -0.25) is 10.1 Å². The molecule has 0 bridgehead atoms. The highest BCUT2D eigenvalue weighted by atomic mass is 32.2. The van der Waals surface area contributed by atoms with Crippen LogP contribution in [0, 0.1) is 10.1 Å². The number of hydrogen-bond acceptors (Lipinski definition) is 5. The number of nitrogens with zero attached hydrogens (tertiary/aromatic N) is 1. The Kier molecular flexibility index (Phi) is 2.99. The Morgan fingerprint density at radius 2 is 1.89 bits per heavy atom. The fraction of sp³-hybridized carbons (Fsp3) is 0.400. The molecule has 98 valence electrons. The van der Waals surface area contributed by atoms with Crippen LogP contribution in [0.2, 0.25) is 0 Å². The first kappa shape index (κ1) is 12.8. The number of hydrogen-bond donors (Lipinski definition) is 1. The molecule has 0 heterocycles. The Bertz CT molecular complexity index is 562. The third-order valence-electron chi connectivity index (χ3n) is 2.62. The third kappa shape index (κ3) is 3.17. The lowest BCUT2D eigenvalue weighted by molar-refractivity contribution is -0.384. The van der Waals surface area contributed by atoms with Gasteiger partial charge in [-0.15, -0.1) is 0 Å². The highest BCUT2D eigenvalue weighted by Gasteiger charge is 2.41. The summed E-state index contributed by atoms with van der Waals surface area (Å²) in [6, 6.07) is 4.85. The van der Waals surface area contributed by atoms with Crippen LogP contribution in [0.3, 0.4) is 0 Å². The van der Waals surface area contributed by atoms with Crippen molar-refractivity contribution in [1.82, 2.24) is 4.72 Å². The monoisotopic (exact) mass is 272 g/mol. The zero-order valence-electron chi connectivity index (χ0n) is 9.62. The minimum atomic E-state index is -3.88. The second kappa shape index (κ2) is 4.21. The molecule has 0 aliphatic heterocycles. The molecule has 1 aliphatic rings. The van der Waals surface area contributed by atoms with Crippen LogP contribution in [-0.2, 0) is 10.3 Å². The average Bonchev–Trinajstić information content (AvgIpc) is 2.94. The molecule has 0 atom stereocenters. The normalized spacial score (nSPS) is 17.2. The van der Waals surface area contributed by atoms with Gasteiger partial charge in [0.15, 0.2) is 0 Å². The molecule has 1 aliphatic carbocycles. The first-order chi connectivity index (χ1) is 8.30. The van der Waals surface area contributed by atoms with Gasteiger partial charge in [-0.1, -0.05) is 0 Å². The second-order valence-electron chi connectivity index (χ2n) is 4.45. The summed E-state index contributed by atoms with van der Waals surface area (Å²) >= 11 is 0. The lowest BCUT2D eigenvalue weighted by Gasteiger charge is -2.12. The maximum absolute atomic E-state index is 11.6. The topological polar surface area (TPSA) is 98.5 Å². The fourth-order valence-corrected chi connectivity index (χ4v) is 2.58. The Morgan fingerprint density at radius 3 is 2.33 bits per heavy atom. The number of benzene rings is 1. The van der Waals surface area contributed by atoms with Gasteiger partial charge in [0.2, 0.25) is 0 Å². The lowest BCUT2D eigenvalue weighted by Crippen LogP contribution is -2.37. The van der Waals surface area contributed by atoms with Crippen LogP contribution in [-0.4, -0.2) is 18.9 Å². The molecule has 8 heteroatoms. The van der Waals surface area contributed by atoms with Crippen molar-refractivity contribution in [1.29, 1.82) is 0 Å². The predicted octanol–water partition coefficient (Wildman–Crippen LogP) is 1.36. The van der Waals surface area contributed by atoms with E-state index in [2.05, 4.69) is 4.72 Å². The van der Waals surface area contributed by atoms with E-state index in [-0.39, 0.29) is 11.4 Å². The molecule has 18 heavy (non-hydrogen) atoms. The Labute approximate surface area is 104 Å². The van der Waals surface area contributed by atoms with Gasteiger partial charge >= 0.3 is 10.3 Å². The number of non-ortho nitro benzene ring substituents is 1. The molecule has 1 fully saturated rings. The number of nitrogens with one attached hydrogen (secondary N) is 1. The molecule has 0 saturated heterocycles. The first-order valence-electron chi connectivity index (χ1n) is 5.28. The van der Waals surface area contributed by atoms with Gasteiger partial charge in [0, 0.05) is 17.7 Å². The van der Waals surface area contributed by atoms with E-state index in [1.165, 1.54) is 24.3 Å². The Hall–Kier alpha value is -1.67. The number of nitro groups is 1. The van der Waals surface area contributed by atoms with E-state index in [9.17, 15) is 18.5 Å². The molecule has 0 amide bonds. The summed E-state index contributed by atoms with van der Waals surface area (Å²) in [6.45, 7) is 1.78. The highest BCUT2D eigenvalue weighted by Crippen LogP contribution is 2.35. The minimum absolute atomic E-state index is 0.0392. The smallest absolute Gasteiger partial charge is 0.371 e. The maximum atomic E-state index is 11.6. The summed E-state index contributed by atoms with van der Waals surface area (Å²) in [4.78, 5) is 9.86.